The molecule has 4 heteroatoms. The average molecular weight is 357 g/mol. The second kappa shape index (κ2) is 7.40. The van der Waals surface area contributed by atoms with Gasteiger partial charge in [-0.25, -0.2) is 0 Å². The first-order valence-corrected chi connectivity index (χ1v) is 15.2. The Balaban J connectivity index is 2.67. The van der Waals surface area contributed by atoms with Crippen LogP contribution in [0.15, 0.2) is 66.6 Å². The van der Waals surface area contributed by atoms with E-state index in [0.717, 1.165) is 16.7 Å². The van der Waals surface area contributed by atoms with Crippen molar-refractivity contribution in [2.75, 3.05) is 0 Å². The van der Waals surface area contributed by atoms with E-state index in [9.17, 15) is 0 Å². The lowest BCUT2D eigenvalue weighted by atomic mass is 9.99. The summed E-state index contributed by atoms with van der Waals surface area (Å²) in [5.74, 6) is 0.686. The summed E-state index contributed by atoms with van der Waals surface area (Å²) < 4.78 is 12.8. The van der Waals surface area contributed by atoms with Gasteiger partial charge in [-0.15, -0.1) is 0 Å². The van der Waals surface area contributed by atoms with Crippen molar-refractivity contribution in [2.45, 2.75) is 39.3 Å². The van der Waals surface area contributed by atoms with Gasteiger partial charge in [0.25, 0.3) is 5.95 Å². The first-order valence-electron chi connectivity index (χ1n) is 8.39. The summed E-state index contributed by atoms with van der Waals surface area (Å²) in [6, 6.07) is 20.7. The van der Waals surface area contributed by atoms with Gasteiger partial charge in [0.15, 0.2) is 0 Å². The summed E-state index contributed by atoms with van der Waals surface area (Å²) in [4.78, 5) is 0. The van der Waals surface area contributed by atoms with Crippen molar-refractivity contribution in [3.63, 3.8) is 0 Å². The van der Waals surface area contributed by atoms with E-state index in [0.29, 0.717) is 5.95 Å². The first-order chi connectivity index (χ1) is 11.2. The lowest BCUT2D eigenvalue weighted by Gasteiger charge is -2.30. The van der Waals surface area contributed by atoms with Crippen LogP contribution in [-0.2, 0) is 8.85 Å². The van der Waals surface area contributed by atoms with Gasteiger partial charge in [-0.05, 0) is 50.4 Å². The summed E-state index contributed by atoms with van der Waals surface area (Å²) in [7, 11) is -3.62. The summed E-state index contributed by atoms with van der Waals surface area (Å²) in [5, 5.41) is 0. The van der Waals surface area contributed by atoms with E-state index in [1.807, 2.05) is 12.1 Å². The zero-order valence-corrected chi connectivity index (χ0v) is 17.6. The van der Waals surface area contributed by atoms with Crippen molar-refractivity contribution in [1.29, 1.82) is 0 Å². The van der Waals surface area contributed by atoms with Crippen LogP contribution in [0.5, 0.6) is 0 Å². The predicted octanol–water partition coefficient (Wildman–Crippen LogP) is 6.11. The SMILES string of the molecule is C[Si](C)(C)OC(O[Si](C)(C)C)=C(c1ccccc1)c1ccccc1. The highest BCUT2D eigenvalue weighted by molar-refractivity contribution is 6.71. The van der Waals surface area contributed by atoms with Crippen LogP contribution in [-0.4, -0.2) is 16.6 Å². The Morgan fingerprint density at radius 2 is 0.917 bits per heavy atom. The third kappa shape index (κ3) is 5.69. The third-order valence-electron chi connectivity index (χ3n) is 3.13. The maximum absolute atomic E-state index is 6.42. The number of hydrogen-bond donors (Lipinski definition) is 0. The predicted molar refractivity (Wildman–Crippen MR) is 108 cm³/mol. The summed E-state index contributed by atoms with van der Waals surface area (Å²) in [6.45, 7) is 13.1. The number of hydrogen-bond acceptors (Lipinski definition) is 2. The molecule has 0 spiro atoms. The quantitative estimate of drug-likeness (QED) is 0.459. The van der Waals surface area contributed by atoms with E-state index in [-0.39, 0.29) is 0 Å². The Labute approximate surface area is 148 Å². The summed E-state index contributed by atoms with van der Waals surface area (Å²) in [5.41, 5.74) is 3.28. The Morgan fingerprint density at radius 1 is 0.583 bits per heavy atom. The van der Waals surface area contributed by atoms with Crippen LogP contribution in [0.1, 0.15) is 11.1 Å². The van der Waals surface area contributed by atoms with E-state index < -0.39 is 16.6 Å². The molecule has 0 atom stereocenters. The van der Waals surface area contributed by atoms with Crippen LogP contribution in [0.25, 0.3) is 5.57 Å². The fourth-order valence-corrected chi connectivity index (χ4v) is 3.77. The Morgan fingerprint density at radius 3 is 1.21 bits per heavy atom. The standard InChI is InChI=1S/C20H28O2Si2/c1-23(2,3)21-20(22-24(4,5)6)19(17-13-9-7-10-14-17)18-15-11-8-12-16-18/h7-16H,1-6H3. The lowest BCUT2D eigenvalue weighted by Crippen LogP contribution is -2.32. The lowest BCUT2D eigenvalue weighted by molar-refractivity contribution is 0.220. The van der Waals surface area contributed by atoms with Crippen LogP contribution in [0.3, 0.4) is 0 Å². The van der Waals surface area contributed by atoms with Gasteiger partial charge in [-0.1, -0.05) is 60.7 Å². The van der Waals surface area contributed by atoms with Crippen LogP contribution in [0.2, 0.25) is 39.3 Å². The van der Waals surface area contributed by atoms with E-state index >= 15 is 0 Å². The molecule has 0 fully saturated rings. The molecule has 0 amide bonds. The Kier molecular flexibility index (Phi) is 5.72. The largest absolute Gasteiger partial charge is 0.520 e. The molecule has 128 valence electrons. The van der Waals surface area contributed by atoms with Crippen molar-refractivity contribution >= 4 is 22.2 Å². The molecule has 0 saturated heterocycles. The van der Waals surface area contributed by atoms with Crippen LogP contribution >= 0.6 is 0 Å². The maximum atomic E-state index is 6.42. The fraction of sp³-hybridized carbons (Fsp3) is 0.300. The smallest absolute Gasteiger partial charge is 0.260 e. The van der Waals surface area contributed by atoms with Crippen LogP contribution in [0.4, 0.5) is 0 Å². The zero-order chi connectivity index (χ0) is 17.8. The monoisotopic (exact) mass is 356 g/mol. The molecule has 0 radical (unpaired) electrons. The second-order valence-corrected chi connectivity index (χ2v) is 16.7. The van der Waals surface area contributed by atoms with Gasteiger partial charge in [0.1, 0.15) is 0 Å². The van der Waals surface area contributed by atoms with Gasteiger partial charge < -0.3 is 8.85 Å². The maximum Gasteiger partial charge on any atom is 0.260 e. The van der Waals surface area contributed by atoms with Gasteiger partial charge in [0.2, 0.25) is 16.6 Å². The molecule has 0 aliphatic heterocycles. The molecule has 0 unspecified atom stereocenters. The number of benzene rings is 2. The molecule has 2 rings (SSSR count). The highest BCUT2D eigenvalue weighted by atomic mass is 28.4. The molecule has 24 heavy (non-hydrogen) atoms. The van der Waals surface area contributed by atoms with Gasteiger partial charge in [-0.2, -0.15) is 0 Å². The number of rotatable bonds is 6. The van der Waals surface area contributed by atoms with Crippen molar-refractivity contribution in [2.24, 2.45) is 0 Å². The highest BCUT2D eigenvalue weighted by Gasteiger charge is 2.27. The molecular formula is C20H28O2Si2. The fourth-order valence-electron chi connectivity index (χ4n) is 2.29. The topological polar surface area (TPSA) is 18.5 Å². The van der Waals surface area contributed by atoms with Gasteiger partial charge in [0, 0.05) is 0 Å². The average Bonchev–Trinajstić information content (AvgIpc) is 2.46. The highest BCUT2D eigenvalue weighted by Crippen LogP contribution is 2.31. The van der Waals surface area contributed by atoms with Crippen molar-refractivity contribution in [1.82, 2.24) is 0 Å². The van der Waals surface area contributed by atoms with Crippen molar-refractivity contribution in [3.8, 4) is 0 Å². The Bertz CT molecular complexity index is 622. The molecule has 0 N–H and O–H groups in total. The normalized spacial score (nSPS) is 11.8. The molecule has 0 aliphatic carbocycles. The van der Waals surface area contributed by atoms with E-state index in [1.54, 1.807) is 0 Å². The molecule has 0 bridgehead atoms. The molecule has 2 aromatic rings. The first kappa shape index (κ1) is 18.6. The minimum absolute atomic E-state index is 0.686. The van der Waals surface area contributed by atoms with Crippen molar-refractivity contribution < 1.29 is 8.85 Å². The third-order valence-corrected chi connectivity index (χ3v) is 4.72. The molecule has 2 aromatic carbocycles. The minimum Gasteiger partial charge on any atom is -0.520 e. The summed E-state index contributed by atoms with van der Waals surface area (Å²) in [6.07, 6.45) is 0. The molecule has 0 saturated carbocycles. The van der Waals surface area contributed by atoms with E-state index in [1.165, 1.54) is 0 Å². The van der Waals surface area contributed by atoms with Gasteiger partial charge >= 0.3 is 0 Å². The zero-order valence-electron chi connectivity index (χ0n) is 15.6. The minimum atomic E-state index is -1.81. The van der Waals surface area contributed by atoms with Gasteiger partial charge in [-0.3, -0.25) is 0 Å². The van der Waals surface area contributed by atoms with Crippen LogP contribution in [0, 0.1) is 0 Å². The van der Waals surface area contributed by atoms with Crippen LogP contribution < -0.4 is 0 Å². The second-order valence-electron chi connectivity index (χ2n) is 7.82. The molecule has 0 aliphatic rings. The molecule has 0 aromatic heterocycles. The van der Waals surface area contributed by atoms with E-state index in [4.69, 9.17) is 8.85 Å². The summed E-state index contributed by atoms with van der Waals surface area (Å²) >= 11 is 0. The van der Waals surface area contributed by atoms with E-state index in [2.05, 4.69) is 87.8 Å². The Hall–Kier alpha value is -1.79. The molecule has 2 nitrogen and oxygen atoms in total. The molecular weight excluding hydrogens is 328 g/mol. The van der Waals surface area contributed by atoms with Gasteiger partial charge in [0.05, 0.1) is 5.57 Å². The molecule has 0 heterocycles. The van der Waals surface area contributed by atoms with Crippen molar-refractivity contribution in [3.05, 3.63) is 77.7 Å².